The molecule has 276 valence electrons. The van der Waals surface area contributed by atoms with Gasteiger partial charge in [-0.3, -0.25) is 0 Å². The Bertz CT molecular complexity index is 3550. The molecule has 3 nitrogen and oxygen atoms in total. The maximum Gasteiger partial charge on any atom is 0.159 e. The molecule has 0 aliphatic rings. The quantitative estimate of drug-likeness (QED) is 0.169. The maximum atomic E-state index is 7.05. The molecule has 0 N–H and O–H groups in total. The Kier molecular flexibility index (Phi) is 7.54. The van der Waals surface area contributed by atoms with Gasteiger partial charge in [0.1, 0.15) is 16.7 Å². The van der Waals surface area contributed by atoms with E-state index in [1.54, 1.807) is 0 Å². The van der Waals surface area contributed by atoms with E-state index in [9.17, 15) is 0 Å². The van der Waals surface area contributed by atoms with Gasteiger partial charge < -0.3 is 13.7 Å². The summed E-state index contributed by atoms with van der Waals surface area (Å²) in [6.07, 6.45) is 0. The second-order valence-corrected chi connectivity index (χ2v) is 15.2. The fourth-order valence-corrected chi connectivity index (χ4v) is 9.12. The van der Waals surface area contributed by atoms with Crippen LogP contribution >= 0.6 is 0 Å². The van der Waals surface area contributed by atoms with E-state index in [0.29, 0.717) is 0 Å². The predicted molar refractivity (Wildman–Crippen MR) is 247 cm³/mol. The van der Waals surface area contributed by atoms with Gasteiger partial charge in [-0.15, -0.1) is 0 Å². The van der Waals surface area contributed by atoms with Gasteiger partial charge in [-0.1, -0.05) is 170 Å². The summed E-state index contributed by atoms with van der Waals surface area (Å²) in [6, 6.07) is 75.6. The SMILES string of the molecule is c1ccc(-c2cccc3c2oc2c(N(c4ccc(-c5cccc6ccccc56)cc4)c4ccc(-c5ccc6c(c5)oc5ccccc56)c5ccccc45)cccc23)cc1. The normalized spacial score (nSPS) is 11.7. The monoisotopic (exact) mass is 753 g/mol. The molecule has 0 bridgehead atoms. The van der Waals surface area contributed by atoms with Crippen LogP contribution in [0, 0.1) is 0 Å². The van der Waals surface area contributed by atoms with Crippen molar-refractivity contribution in [3.63, 3.8) is 0 Å². The molecule has 12 rings (SSSR count). The molecule has 3 heteroatoms. The van der Waals surface area contributed by atoms with Crippen molar-refractivity contribution < 1.29 is 8.83 Å². The third-order valence-electron chi connectivity index (χ3n) is 11.9. The van der Waals surface area contributed by atoms with E-state index in [1.807, 2.05) is 12.1 Å². The van der Waals surface area contributed by atoms with Crippen LogP contribution in [0.2, 0.25) is 0 Å². The smallest absolute Gasteiger partial charge is 0.159 e. The lowest BCUT2D eigenvalue weighted by Crippen LogP contribution is -2.11. The fraction of sp³-hybridized carbons (Fsp3) is 0. The van der Waals surface area contributed by atoms with Crippen LogP contribution < -0.4 is 4.90 Å². The van der Waals surface area contributed by atoms with Crippen LogP contribution in [0.4, 0.5) is 17.1 Å². The van der Waals surface area contributed by atoms with Crippen molar-refractivity contribution in [1.29, 1.82) is 0 Å². The molecule has 0 fully saturated rings. The summed E-state index contributed by atoms with van der Waals surface area (Å²) in [5.41, 5.74) is 13.4. The van der Waals surface area contributed by atoms with Crippen LogP contribution in [0.25, 0.3) is 98.8 Å². The van der Waals surface area contributed by atoms with Gasteiger partial charge in [0.2, 0.25) is 0 Å². The molecule has 2 aromatic heterocycles. The van der Waals surface area contributed by atoms with Gasteiger partial charge in [-0.2, -0.15) is 0 Å². The zero-order valence-electron chi connectivity index (χ0n) is 32.0. The summed E-state index contributed by atoms with van der Waals surface area (Å²) in [5, 5.41) is 9.18. The first-order valence-electron chi connectivity index (χ1n) is 20.1. The van der Waals surface area contributed by atoms with Gasteiger partial charge >= 0.3 is 0 Å². The lowest BCUT2D eigenvalue weighted by molar-refractivity contribution is 0.669. The standard InChI is InChI=1S/C56H35NO2/c1-2-13-37(14-3-1)44-22-11-23-49-50-24-12-25-52(56(50)59-55(44)49)57(40-30-27-38(28-31-40)42-21-10-16-36-15-4-5-17-41(36)42)51-34-33-43(45-18-6-7-19-46(45)51)39-29-32-48-47-20-8-9-26-53(47)58-54(48)35-39/h1-35H. The van der Waals surface area contributed by atoms with Crippen LogP contribution in [0.3, 0.4) is 0 Å². The fourth-order valence-electron chi connectivity index (χ4n) is 9.12. The number of para-hydroxylation sites is 3. The summed E-state index contributed by atoms with van der Waals surface area (Å²) in [5.74, 6) is 0. The predicted octanol–water partition coefficient (Wildman–Crippen LogP) is 16.3. The van der Waals surface area contributed by atoms with E-state index >= 15 is 0 Å². The second kappa shape index (κ2) is 13.4. The van der Waals surface area contributed by atoms with Crippen molar-refractivity contribution in [2.24, 2.45) is 0 Å². The summed E-state index contributed by atoms with van der Waals surface area (Å²) in [4.78, 5) is 2.37. The lowest BCUT2D eigenvalue weighted by Gasteiger charge is -2.28. The largest absolute Gasteiger partial charge is 0.456 e. The van der Waals surface area contributed by atoms with Crippen LogP contribution in [-0.2, 0) is 0 Å². The molecule has 0 amide bonds. The van der Waals surface area contributed by atoms with Crippen molar-refractivity contribution in [3.05, 3.63) is 212 Å². The Morgan fingerprint density at radius 1 is 0.288 bits per heavy atom. The van der Waals surface area contributed by atoms with Crippen molar-refractivity contribution in [1.82, 2.24) is 0 Å². The summed E-state index contributed by atoms with van der Waals surface area (Å²) < 4.78 is 13.4. The number of hydrogen-bond acceptors (Lipinski definition) is 3. The first kappa shape index (κ1) is 33.3. The highest BCUT2D eigenvalue weighted by molar-refractivity contribution is 6.15. The van der Waals surface area contributed by atoms with E-state index in [0.717, 1.165) is 94.0 Å². The minimum absolute atomic E-state index is 0.840. The molecule has 59 heavy (non-hydrogen) atoms. The molecule has 12 aromatic rings. The Morgan fingerprint density at radius 2 is 0.881 bits per heavy atom. The number of nitrogens with zero attached hydrogens (tertiary/aromatic N) is 1. The van der Waals surface area contributed by atoms with Gasteiger partial charge in [0, 0.05) is 38.2 Å². The Balaban J connectivity index is 1.07. The van der Waals surface area contributed by atoms with Crippen molar-refractivity contribution >= 4 is 82.5 Å². The number of furan rings is 2. The highest BCUT2D eigenvalue weighted by Gasteiger charge is 2.23. The van der Waals surface area contributed by atoms with Gasteiger partial charge in [-0.25, -0.2) is 0 Å². The van der Waals surface area contributed by atoms with E-state index < -0.39 is 0 Å². The molecule has 10 aromatic carbocycles. The van der Waals surface area contributed by atoms with Gasteiger partial charge in [0.25, 0.3) is 0 Å². The lowest BCUT2D eigenvalue weighted by atomic mass is 9.95. The first-order chi connectivity index (χ1) is 29.3. The number of hydrogen-bond donors (Lipinski definition) is 0. The van der Waals surface area contributed by atoms with Crippen LogP contribution in [-0.4, -0.2) is 0 Å². The average Bonchev–Trinajstić information content (AvgIpc) is 3.88. The Morgan fingerprint density at radius 3 is 1.75 bits per heavy atom. The van der Waals surface area contributed by atoms with Gasteiger partial charge in [0.15, 0.2) is 5.58 Å². The van der Waals surface area contributed by atoms with Crippen LogP contribution in [0.1, 0.15) is 0 Å². The van der Waals surface area contributed by atoms with Gasteiger partial charge in [-0.05, 0) is 86.4 Å². The molecule has 0 unspecified atom stereocenters. The summed E-state index contributed by atoms with van der Waals surface area (Å²) in [6.45, 7) is 0. The molecule has 0 saturated carbocycles. The maximum absolute atomic E-state index is 7.05. The molecule has 0 aliphatic heterocycles. The molecule has 0 saturated heterocycles. The van der Waals surface area contributed by atoms with Crippen LogP contribution in [0.5, 0.6) is 0 Å². The molecular formula is C56H35NO2. The van der Waals surface area contributed by atoms with Crippen molar-refractivity contribution in [2.45, 2.75) is 0 Å². The topological polar surface area (TPSA) is 29.5 Å². The molecule has 2 heterocycles. The minimum Gasteiger partial charge on any atom is -0.456 e. The highest BCUT2D eigenvalue weighted by Crippen LogP contribution is 2.47. The summed E-state index contributed by atoms with van der Waals surface area (Å²) >= 11 is 0. The van der Waals surface area contributed by atoms with E-state index in [1.165, 1.54) is 21.9 Å². The van der Waals surface area contributed by atoms with E-state index in [2.05, 4.69) is 205 Å². The molecule has 0 atom stereocenters. The number of anilines is 3. The van der Waals surface area contributed by atoms with E-state index in [4.69, 9.17) is 8.83 Å². The highest BCUT2D eigenvalue weighted by atomic mass is 16.3. The third kappa shape index (κ3) is 5.36. The Labute approximate surface area is 340 Å². The van der Waals surface area contributed by atoms with E-state index in [-0.39, 0.29) is 0 Å². The minimum atomic E-state index is 0.840. The number of rotatable bonds is 6. The summed E-state index contributed by atoms with van der Waals surface area (Å²) in [7, 11) is 0. The number of benzene rings is 10. The molecule has 0 spiro atoms. The zero-order chi connectivity index (χ0) is 38.9. The second-order valence-electron chi connectivity index (χ2n) is 15.2. The molecular weight excluding hydrogens is 719 g/mol. The average molecular weight is 754 g/mol. The van der Waals surface area contributed by atoms with Crippen molar-refractivity contribution in [2.75, 3.05) is 4.90 Å². The third-order valence-corrected chi connectivity index (χ3v) is 11.9. The number of fused-ring (bicyclic) bond motifs is 8. The van der Waals surface area contributed by atoms with Gasteiger partial charge in [0.05, 0.1) is 11.4 Å². The Hall–Kier alpha value is -7.88. The first-order valence-corrected chi connectivity index (χ1v) is 20.1. The molecule has 0 radical (unpaired) electrons. The van der Waals surface area contributed by atoms with Crippen LogP contribution in [0.15, 0.2) is 221 Å². The zero-order valence-corrected chi connectivity index (χ0v) is 32.0. The van der Waals surface area contributed by atoms with Crippen molar-refractivity contribution in [3.8, 4) is 33.4 Å². The molecule has 0 aliphatic carbocycles.